The van der Waals surface area contributed by atoms with Crippen LogP contribution in [0, 0.1) is 0 Å². The van der Waals surface area contributed by atoms with Gasteiger partial charge in [-0.25, -0.2) is 0 Å². The van der Waals surface area contributed by atoms with Crippen molar-refractivity contribution in [1.82, 2.24) is 0 Å². The summed E-state index contributed by atoms with van der Waals surface area (Å²) in [6.07, 6.45) is -4.09. The number of hydrogen-bond acceptors (Lipinski definition) is 3. The number of rotatable bonds is 5. The monoisotopic (exact) mass is 311 g/mol. The first-order chi connectivity index (χ1) is 10.4. The molecule has 118 valence electrons. The standard InChI is InChI=1S/C16H16F3NO2/c17-16(18,19)11-4-3-5-12(10-11)22-15-7-2-1-6-13(15)14(20)8-9-21/h1-7,10,14,21H,8-9,20H2/t14-/m1/s1. The molecule has 0 radical (unpaired) electrons. The Balaban J connectivity index is 2.28. The van der Waals surface area contributed by atoms with E-state index in [1.165, 1.54) is 12.1 Å². The van der Waals surface area contributed by atoms with Crippen LogP contribution >= 0.6 is 0 Å². The van der Waals surface area contributed by atoms with Crippen LogP contribution in [0.3, 0.4) is 0 Å². The Morgan fingerprint density at radius 2 is 1.82 bits per heavy atom. The van der Waals surface area contributed by atoms with Gasteiger partial charge in [-0.05, 0) is 30.7 Å². The molecule has 0 saturated carbocycles. The molecule has 3 N–H and O–H groups in total. The van der Waals surface area contributed by atoms with Crippen molar-refractivity contribution in [3.63, 3.8) is 0 Å². The topological polar surface area (TPSA) is 55.5 Å². The summed E-state index contributed by atoms with van der Waals surface area (Å²) in [5.41, 5.74) is 5.80. The maximum Gasteiger partial charge on any atom is 0.416 e. The number of aliphatic hydroxyl groups is 1. The number of aliphatic hydroxyl groups excluding tert-OH is 1. The Bertz CT molecular complexity index is 629. The Morgan fingerprint density at radius 3 is 2.50 bits per heavy atom. The fraction of sp³-hybridized carbons (Fsp3) is 0.250. The highest BCUT2D eigenvalue weighted by Crippen LogP contribution is 2.34. The maximum atomic E-state index is 12.7. The summed E-state index contributed by atoms with van der Waals surface area (Å²) in [6, 6.07) is 11.0. The van der Waals surface area contributed by atoms with Gasteiger partial charge in [0, 0.05) is 18.2 Å². The van der Waals surface area contributed by atoms with Gasteiger partial charge in [0.15, 0.2) is 0 Å². The third-order valence-corrected chi connectivity index (χ3v) is 3.15. The highest BCUT2D eigenvalue weighted by atomic mass is 19.4. The SMILES string of the molecule is N[C@H](CCO)c1ccccc1Oc1cccc(C(F)(F)F)c1. The lowest BCUT2D eigenvalue weighted by molar-refractivity contribution is -0.137. The third kappa shape index (κ3) is 3.99. The van der Waals surface area contributed by atoms with E-state index in [-0.39, 0.29) is 12.4 Å². The summed E-state index contributed by atoms with van der Waals surface area (Å²) in [7, 11) is 0. The molecule has 6 heteroatoms. The van der Waals surface area contributed by atoms with Gasteiger partial charge in [-0.1, -0.05) is 24.3 Å². The van der Waals surface area contributed by atoms with Gasteiger partial charge in [0.25, 0.3) is 0 Å². The van der Waals surface area contributed by atoms with Gasteiger partial charge in [0.1, 0.15) is 11.5 Å². The molecule has 22 heavy (non-hydrogen) atoms. The number of alkyl halides is 3. The van der Waals surface area contributed by atoms with E-state index >= 15 is 0 Å². The number of halogens is 3. The van der Waals surface area contributed by atoms with Crippen molar-refractivity contribution >= 4 is 0 Å². The van der Waals surface area contributed by atoms with Crippen LogP contribution in [-0.2, 0) is 6.18 Å². The van der Waals surface area contributed by atoms with Gasteiger partial charge in [-0.3, -0.25) is 0 Å². The molecule has 2 aromatic rings. The molecule has 0 aliphatic heterocycles. The number of ether oxygens (including phenoxy) is 1. The first-order valence-corrected chi connectivity index (χ1v) is 6.72. The predicted octanol–water partition coefficient (Wildman–Crippen LogP) is 3.88. The molecule has 0 heterocycles. The summed E-state index contributed by atoms with van der Waals surface area (Å²) >= 11 is 0. The summed E-state index contributed by atoms with van der Waals surface area (Å²) < 4.78 is 43.7. The van der Waals surface area contributed by atoms with Crippen LogP contribution in [0.15, 0.2) is 48.5 Å². The summed E-state index contributed by atoms with van der Waals surface area (Å²) in [5.74, 6) is 0.459. The van der Waals surface area contributed by atoms with Crippen LogP contribution in [0.2, 0.25) is 0 Å². The average molecular weight is 311 g/mol. The quantitative estimate of drug-likeness (QED) is 0.881. The molecular weight excluding hydrogens is 295 g/mol. The molecule has 0 bridgehead atoms. The first-order valence-electron chi connectivity index (χ1n) is 6.72. The van der Waals surface area contributed by atoms with Crippen LogP contribution in [-0.4, -0.2) is 11.7 Å². The second-order valence-electron chi connectivity index (χ2n) is 4.78. The molecular formula is C16H16F3NO2. The fourth-order valence-electron chi connectivity index (χ4n) is 2.04. The number of hydrogen-bond donors (Lipinski definition) is 2. The summed E-state index contributed by atoms with van der Waals surface area (Å²) in [5, 5.41) is 8.96. The van der Waals surface area contributed by atoms with Gasteiger partial charge in [-0.15, -0.1) is 0 Å². The lowest BCUT2D eigenvalue weighted by Gasteiger charge is -2.16. The van der Waals surface area contributed by atoms with Crippen LogP contribution in [0.4, 0.5) is 13.2 Å². The van der Waals surface area contributed by atoms with E-state index < -0.39 is 17.8 Å². The minimum absolute atomic E-state index is 0.0819. The van der Waals surface area contributed by atoms with E-state index in [1.807, 2.05) is 0 Å². The number of para-hydroxylation sites is 1. The fourth-order valence-corrected chi connectivity index (χ4v) is 2.04. The van der Waals surface area contributed by atoms with E-state index in [1.54, 1.807) is 24.3 Å². The highest BCUT2D eigenvalue weighted by molar-refractivity contribution is 5.40. The van der Waals surface area contributed by atoms with E-state index in [4.69, 9.17) is 15.6 Å². The second kappa shape index (κ2) is 6.81. The van der Waals surface area contributed by atoms with Crippen molar-refractivity contribution in [2.24, 2.45) is 5.73 Å². The lowest BCUT2D eigenvalue weighted by Crippen LogP contribution is -2.13. The molecule has 2 aromatic carbocycles. The third-order valence-electron chi connectivity index (χ3n) is 3.15. The molecule has 0 saturated heterocycles. The highest BCUT2D eigenvalue weighted by Gasteiger charge is 2.30. The van der Waals surface area contributed by atoms with E-state index in [2.05, 4.69) is 0 Å². The van der Waals surface area contributed by atoms with Crippen LogP contribution in [0.1, 0.15) is 23.6 Å². The minimum Gasteiger partial charge on any atom is -0.457 e. The molecule has 3 nitrogen and oxygen atoms in total. The van der Waals surface area contributed by atoms with Crippen molar-refractivity contribution in [2.45, 2.75) is 18.6 Å². The molecule has 0 amide bonds. The Labute approximate surface area is 126 Å². The maximum absolute atomic E-state index is 12.7. The van der Waals surface area contributed by atoms with Crippen molar-refractivity contribution in [3.05, 3.63) is 59.7 Å². The van der Waals surface area contributed by atoms with Gasteiger partial charge in [0.05, 0.1) is 5.56 Å². The Kier molecular flexibility index (Phi) is 5.05. The zero-order chi connectivity index (χ0) is 16.2. The van der Waals surface area contributed by atoms with Gasteiger partial charge in [-0.2, -0.15) is 13.2 Å². The number of nitrogens with two attached hydrogens (primary N) is 1. The lowest BCUT2D eigenvalue weighted by atomic mass is 10.0. The van der Waals surface area contributed by atoms with E-state index in [9.17, 15) is 13.2 Å². The molecule has 2 rings (SSSR count). The van der Waals surface area contributed by atoms with Crippen molar-refractivity contribution in [2.75, 3.05) is 6.61 Å². The van der Waals surface area contributed by atoms with E-state index in [0.717, 1.165) is 12.1 Å². The summed E-state index contributed by atoms with van der Waals surface area (Å²) in [6.45, 7) is -0.0843. The molecule has 1 atom stereocenters. The summed E-state index contributed by atoms with van der Waals surface area (Å²) in [4.78, 5) is 0. The zero-order valence-electron chi connectivity index (χ0n) is 11.7. The normalized spacial score (nSPS) is 13.0. The zero-order valence-corrected chi connectivity index (χ0v) is 11.7. The second-order valence-corrected chi connectivity index (χ2v) is 4.78. The first kappa shape index (κ1) is 16.3. The molecule has 0 aliphatic rings. The molecule has 0 unspecified atom stereocenters. The number of benzene rings is 2. The smallest absolute Gasteiger partial charge is 0.416 e. The molecule has 0 aliphatic carbocycles. The van der Waals surface area contributed by atoms with Crippen molar-refractivity contribution in [3.8, 4) is 11.5 Å². The average Bonchev–Trinajstić information content (AvgIpc) is 2.47. The predicted molar refractivity (Wildman–Crippen MR) is 76.6 cm³/mol. The van der Waals surface area contributed by atoms with E-state index in [0.29, 0.717) is 17.7 Å². The van der Waals surface area contributed by atoms with Gasteiger partial charge >= 0.3 is 6.18 Å². The van der Waals surface area contributed by atoms with Crippen molar-refractivity contribution < 1.29 is 23.0 Å². The largest absolute Gasteiger partial charge is 0.457 e. The van der Waals surface area contributed by atoms with Crippen LogP contribution in [0.5, 0.6) is 11.5 Å². The Morgan fingerprint density at radius 1 is 1.09 bits per heavy atom. The van der Waals surface area contributed by atoms with Gasteiger partial charge in [0.2, 0.25) is 0 Å². The van der Waals surface area contributed by atoms with Crippen molar-refractivity contribution in [1.29, 1.82) is 0 Å². The van der Waals surface area contributed by atoms with Gasteiger partial charge < -0.3 is 15.6 Å². The minimum atomic E-state index is -4.42. The Hall–Kier alpha value is -2.05. The van der Waals surface area contributed by atoms with Crippen LogP contribution < -0.4 is 10.5 Å². The van der Waals surface area contributed by atoms with Crippen LogP contribution in [0.25, 0.3) is 0 Å². The molecule has 0 fully saturated rings. The molecule has 0 spiro atoms. The molecule has 0 aromatic heterocycles.